The number of methoxy groups -OCH3 is 1. The van der Waals surface area contributed by atoms with Crippen molar-refractivity contribution in [2.45, 2.75) is 52.4 Å². The average molecular weight is 667 g/mol. The Morgan fingerprint density at radius 1 is 0.938 bits per heavy atom. The van der Waals surface area contributed by atoms with Gasteiger partial charge in [-0.05, 0) is 59.9 Å². The van der Waals surface area contributed by atoms with Gasteiger partial charge in [0.25, 0.3) is 5.91 Å². The minimum absolute atomic E-state index is 0.0143. The Morgan fingerprint density at radius 2 is 1.67 bits per heavy atom. The molecule has 252 valence electrons. The van der Waals surface area contributed by atoms with Gasteiger partial charge in [0.05, 0.1) is 29.6 Å². The molecule has 4 aromatic rings. The number of anilines is 2. The van der Waals surface area contributed by atoms with Crippen LogP contribution in [-0.2, 0) is 17.5 Å². The zero-order valence-electron chi connectivity index (χ0n) is 26.8. The van der Waals surface area contributed by atoms with E-state index in [1.807, 2.05) is 51.1 Å². The number of nitrogens with zero attached hydrogens (tertiary/aromatic N) is 1. The first kappa shape index (κ1) is 34.3. The third kappa shape index (κ3) is 7.10. The van der Waals surface area contributed by atoms with Gasteiger partial charge >= 0.3 is 6.18 Å². The van der Waals surface area contributed by atoms with Gasteiger partial charge in [0.1, 0.15) is 47.2 Å². The summed E-state index contributed by atoms with van der Waals surface area (Å²) in [6.07, 6.45) is -3.87. The first-order valence-corrected chi connectivity index (χ1v) is 15.3. The minimum Gasteiger partial charge on any atom is -0.506 e. The lowest BCUT2D eigenvalue weighted by Crippen LogP contribution is -2.37. The van der Waals surface area contributed by atoms with Crippen molar-refractivity contribution in [3.05, 3.63) is 130 Å². The highest BCUT2D eigenvalue weighted by atomic mass is 19.4. The maximum absolute atomic E-state index is 16.3. The molecule has 6 nitrogen and oxygen atoms in total. The van der Waals surface area contributed by atoms with Crippen molar-refractivity contribution >= 4 is 17.3 Å². The fourth-order valence-corrected chi connectivity index (χ4v) is 5.52. The second-order valence-corrected chi connectivity index (χ2v) is 12.3. The lowest BCUT2D eigenvalue weighted by molar-refractivity contribution is -0.137. The maximum Gasteiger partial charge on any atom is 0.416 e. The smallest absolute Gasteiger partial charge is 0.416 e. The summed E-state index contributed by atoms with van der Waals surface area (Å²) in [5.74, 6) is -3.33. The Morgan fingerprint density at radius 3 is 2.31 bits per heavy atom. The molecule has 0 radical (unpaired) electrons. The number of phenolic OH excluding ortho intramolecular Hbond substituents is 1. The molecule has 1 amide bonds. The van der Waals surface area contributed by atoms with Crippen LogP contribution in [0.4, 0.5) is 33.3 Å². The normalized spacial score (nSPS) is 15.0. The molecule has 0 fully saturated rings. The monoisotopic (exact) mass is 666 g/mol. The van der Waals surface area contributed by atoms with Crippen molar-refractivity contribution < 1.29 is 41.3 Å². The fourth-order valence-electron chi connectivity index (χ4n) is 5.52. The number of phenols is 1. The van der Waals surface area contributed by atoms with Gasteiger partial charge in [0, 0.05) is 11.6 Å². The Labute approximate surface area is 275 Å². The zero-order chi connectivity index (χ0) is 34.8. The molecule has 0 saturated heterocycles. The number of amides is 1. The van der Waals surface area contributed by atoms with Gasteiger partial charge in [-0.25, -0.2) is 8.78 Å². The number of allylic oxidation sites excluding steroid dienone is 1. The first-order valence-electron chi connectivity index (χ1n) is 15.3. The number of carbonyl (C=O) groups excluding carboxylic acids is 1. The standard InChI is InChI=1S/C37H35F5N2O4/c1-5-36(2,3)20-29-34(47-4)33(25-16-15-24(19-28(25)39)48-21-22-10-7-6-8-11-22)44(30-12-9-13-31(45)32(30)43-29)35(46)26-18-23(37(40,41)42)14-17-27(26)38/h6-19,33,43,45H,5,20-21H2,1-4H3. The van der Waals surface area contributed by atoms with Gasteiger partial charge in [0.2, 0.25) is 0 Å². The van der Waals surface area contributed by atoms with Gasteiger partial charge in [-0.2, -0.15) is 13.2 Å². The summed E-state index contributed by atoms with van der Waals surface area (Å²) in [7, 11) is 1.32. The highest BCUT2D eigenvalue weighted by Gasteiger charge is 2.41. The van der Waals surface area contributed by atoms with Crippen LogP contribution in [0.2, 0.25) is 0 Å². The lowest BCUT2D eigenvalue weighted by Gasteiger charge is -2.33. The summed E-state index contributed by atoms with van der Waals surface area (Å²) in [6, 6.07) is 17.5. The van der Waals surface area contributed by atoms with Crippen molar-refractivity contribution in [3.63, 3.8) is 0 Å². The van der Waals surface area contributed by atoms with Crippen LogP contribution in [0, 0.1) is 17.0 Å². The number of benzene rings is 4. The molecular weight excluding hydrogens is 631 g/mol. The molecule has 1 atom stereocenters. The van der Waals surface area contributed by atoms with Crippen molar-refractivity contribution in [3.8, 4) is 11.5 Å². The second kappa shape index (κ2) is 13.6. The predicted octanol–water partition coefficient (Wildman–Crippen LogP) is 9.77. The summed E-state index contributed by atoms with van der Waals surface area (Å²) in [6.45, 7) is 6.10. The van der Waals surface area contributed by atoms with Gasteiger partial charge < -0.3 is 19.9 Å². The van der Waals surface area contributed by atoms with E-state index in [1.165, 1.54) is 37.4 Å². The van der Waals surface area contributed by atoms with Crippen molar-refractivity contribution in [2.75, 3.05) is 17.3 Å². The van der Waals surface area contributed by atoms with Crippen molar-refractivity contribution in [1.82, 2.24) is 0 Å². The number of fused-ring (bicyclic) bond motifs is 1. The van der Waals surface area contributed by atoms with Crippen LogP contribution in [0.25, 0.3) is 0 Å². The summed E-state index contributed by atoms with van der Waals surface area (Å²) in [4.78, 5) is 15.4. The second-order valence-electron chi connectivity index (χ2n) is 12.3. The molecule has 4 aromatic carbocycles. The van der Waals surface area contributed by atoms with E-state index in [0.29, 0.717) is 36.7 Å². The molecule has 0 bridgehead atoms. The molecule has 1 unspecified atom stereocenters. The Balaban J connectivity index is 1.73. The molecule has 0 saturated carbocycles. The van der Waals surface area contributed by atoms with E-state index in [0.717, 1.165) is 16.5 Å². The Hall–Kier alpha value is -5.06. The van der Waals surface area contributed by atoms with E-state index in [1.54, 1.807) is 0 Å². The van der Waals surface area contributed by atoms with E-state index >= 15 is 8.78 Å². The van der Waals surface area contributed by atoms with Crippen molar-refractivity contribution in [1.29, 1.82) is 0 Å². The molecular formula is C37H35F5N2O4. The molecule has 11 heteroatoms. The zero-order valence-corrected chi connectivity index (χ0v) is 26.8. The quantitative estimate of drug-likeness (QED) is 0.138. The molecule has 0 aromatic heterocycles. The number of halogens is 5. The average Bonchev–Trinajstić information content (AvgIpc) is 3.18. The molecule has 0 spiro atoms. The van der Waals surface area contributed by atoms with Crippen LogP contribution in [-0.4, -0.2) is 18.1 Å². The number of para-hydroxylation sites is 1. The lowest BCUT2D eigenvalue weighted by atomic mass is 9.84. The van der Waals surface area contributed by atoms with E-state index in [9.17, 15) is 23.1 Å². The summed E-state index contributed by atoms with van der Waals surface area (Å²) in [5.41, 5.74) is -1.40. The van der Waals surface area contributed by atoms with Crippen LogP contribution in [0.1, 0.15) is 66.7 Å². The largest absolute Gasteiger partial charge is 0.506 e. The summed E-state index contributed by atoms with van der Waals surface area (Å²) >= 11 is 0. The highest BCUT2D eigenvalue weighted by Crippen LogP contribution is 2.49. The van der Waals surface area contributed by atoms with Crippen LogP contribution in [0.3, 0.4) is 0 Å². The molecule has 2 N–H and O–H groups in total. The Kier molecular flexibility index (Phi) is 9.70. The van der Waals surface area contributed by atoms with Gasteiger partial charge in [0.15, 0.2) is 0 Å². The number of rotatable bonds is 9. The number of carbonyl (C=O) groups is 1. The molecule has 48 heavy (non-hydrogen) atoms. The van der Waals surface area contributed by atoms with Crippen LogP contribution in [0.5, 0.6) is 11.5 Å². The highest BCUT2D eigenvalue weighted by molar-refractivity contribution is 6.09. The Bertz CT molecular complexity index is 1840. The van der Waals surface area contributed by atoms with Crippen LogP contribution in [0.15, 0.2) is 96.4 Å². The SMILES string of the molecule is CCC(C)(C)CC1=C(OC)C(c2ccc(OCc3ccccc3)cc2F)N(C(=O)c2cc(C(F)(F)F)ccc2F)c2cccc(O)c2N1. The topological polar surface area (TPSA) is 71.0 Å². The number of hydrogen-bond donors (Lipinski definition) is 2. The number of aromatic hydroxyl groups is 1. The van der Waals surface area contributed by atoms with E-state index in [2.05, 4.69) is 5.32 Å². The number of nitrogens with one attached hydrogen (secondary N) is 1. The van der Waals surface area contributed by atoms with E-state index in [-0.39, 0.29) is 46.2 Å². The molecule has 1 heterocycles. The molecule has 5 rings (SSSR count). The minimum atomic E-state index is -4.88. The number of hydrogen-bond acceptors (Lipinski definition) is 5. The van der Waals surface area contributed by atoms with E-state index in [4.69, 9.17) is 9.47 Å². The third-order valence-corrected chi connectivity index (χ3v) is 8.45. The molecule has 1 aliphatic rings. The maximum atomic E-state index is 16.3. The number of alkyl halides is 3. The van der Waals surface area contributed by atoms with Crippen LogP contribution >= 0.6 is 0 Å². The third-order valence-electron chi connectivity index (χ3n) is 8.45. The summed E-state index contributed by atoms with van der Waals surface area (Å²) < 4.78 is 84.6. The fraction of sp³-hybridized carbons (Fsp3) is 0.270. The van der Waals surface area contributed by atoms with Gasteiger partial charge in [-0.3, -0.25) is 9.69 Å². The first-order chi connectivity index (χ1) is 22.7. The number of ether oxygens (including phenoxy) is 2. The van der Waals surface area contributed by atoms with E-state index < -0.39 is 40.9 Å². The predicted molar refractivity (Wildman–Crippen MR) is 173 cm³/mol. The molecule has 1 aliphatic heterocycles. The van der Waals surface area contributed by atoms with Gasteiger partial charge in [-0.15, -0.1) is 0 Å². The van der Waals surface area contributed by atoms with Gasteiger partial charge in [-0.1, -0.05) is 63.6 Å². The van der Waals surface area contributed by atoms with Crippen LogP contribution < -0.4 is 15.0 Å². The summed E-state index contributed by atoms with van der Waals surface area (Å²) in [5, 5.41) is 14.2. The molecule has 0 aliphatic carbocycles. The van der Waals surface area contributed by atoms with Crippen molar-refractivity contribution in [2.24, 2.45) is 5.41 Å².